The highest BCUT2D eigenvalue weighted by Gasteiger charge is 2.22. The van der Waals surface area contributed by atoms with Crippen LogP contribution in [0.1, 0.15) is 30.6 Å². The first-order chi connectivity index (χ1) is 14.1. The fourth-order valence-corrected chi connectivity index (χ4v) is 3.53. The summed E-state index contributed by atoms with van der Waals surface area (Å²) < 4.78 is 23.1. The molecule has 0 saturated heterocycles. The average Bonchev–Trinajstić information content (AvgIpc) is 2.70. The third-order valence-corrected chi connectivity index (χ3v) is 5.56. The molecule has 0 aromatic heterocycles. The van der Waals surface area contributed by atoms with Crippen molar-refractivity contribution >= 4 is 21.7 Å². The number of hydrogen-bond donors (Lipinski definition) is 2. The maximum absolute atomic E-state index is 12.6. The molecule has 0 spiro atoms. The van der Waals surface area contributed by atoms with Gasteiger partial charge < -0.3 is 10.6 Å². The van der Waals surface area contributed by atoms with E-state index in [2.05, 4.69) is 10.6 Å². The number of carbonyl (C=O) groups excluding carboxylic acids is 2. The summed E-state index contributed by atoms with van der Waals surface area (Å²) in [6.45, 7) is 3.78. The van der Waals surface area contributed by atoms with E-state index < -0.39 is 15.9 Å². The minimum absolute atomic E-state index is 0.115. The Labute approximate surface area is 177 Å². The fraction of sp³-hybridized carbons (Fsp3) is 0.318. The summed E-state index contributed by atoms with van der Waals surface area (Å²) in [6, 6.07) is 14.4. The van der Waals surface area contributed by atoms with Crippen LogP contribution in [-0.4, -0.2) is 39.1 Å². The lowest BCUT2D eigenvalue weighted by Gasteiger charge is -2.19. The second kappa shape index (κ2) is 10.0. The van der Waals surface area contributed by atoms with E-state index >= 15 is 0 Å². The molecule has 0 aliphatic rings. The lowest BCUT2D eigenvalue weighted by Crippen LogP contribution is -2.47. The molecule has 1 atom stereocenters. The number of nitrogens with one attached hydrogen (secondary N) is 2. The molecule has 0 fully saturated rings. The Morgan fingerprint density at radius 2 is 1.53 bits per heavy atom. The van der Waals surface area contributed by atoms with E-state index in [0.29, 0.717) is 12.0 Å². The molecule has 158 valence electrons. The minimum atomic E-state index is -3.26. The molecular formula is C22H25N3O4S. The van der Waals surface area contributed by atoms with Crippen molar-refractivity contribution < 1.29 is 18.0 Å². The molecular weight excluding hydrogens is 402 g/mol. The molecule has 0 bridgehead atoms. The van der Waals surface area contributed by atoms with Gasteiger partial charge in [0.05, 0.1) is 11.0 Å². The number of sulfone groups is 1. The van der Waals surface area contributed by atoms with Gasteiger partial charge in [-0.3, -0.25) is 9.59 Å². The lowest BCUT2D eigenvalue weighted by molar-refractivity contribution is -0.123. The number of nitrogens with zero attached hydrogens (tertiary/aromatic N) is 1. The quantitative estimate of drug-likeness (QED) is 0.628. The fourth-order valence-electron chi connectivity index (χ4n) is 2.90. The Hall–Kier alpha value is -3.18. The Balaban J connectivity index is 2.13. The Kier molecular flexibility index (Phi) is 7.72. The molecule has 0 aliphatic heterocycles. The van der Waals surface area contributed by atoms with Crippen LogP contribution < -0.4 is 10.6 Å². The molecule has 0 aliphatic carbocycles. The van der Waals surface area contributed by atoms with Gasteiger partial charge in [-0.2, -0.15) is 5.26 Å². The van der Waals surface area contributed by atoms with E-state index in [1.54, 1.807) is 48.5 Å². The van der Waals surface area contributed by atoms with Crippen LogP contribution in [-0.2, 0) is 14.6 Å². The van der Waals surface area contributed by atoms with Crippen LogP contribution in [0, 0.1) is 17.2 Å². The Morgan fingerprint density at radius 1 is 1.00 bits per heavy atom. The summed E-state index contributed by atoms with van der Waals surface area (Å²) in [4.78, 5) is 25.1. The molecule has 2 aromatic rings. The van der Waals surface area contributed by atoms with E-state index in [4.69, 9.17) is 5.26 Å². The number of hydrogen-bond acceptors (Lipinski definition) is 5. The van der Waals surface area contributed by atoms with Gasteiger partial charge in [-0.25, -0.2) is 8.42 Å². The average molecular weight is 428 g/mol. The van der Waals surface area contributed by atoms with Crippen molar-refractivity contribution in [3.8, 4) is 17.2 Å². The standard InChI is InChI=1S/C22H25N3O4S/c1-15(2)14-20(22(27)24-13-12-23)25-21(26)18-6-4-16(5-7-18)17-8-10-19(11-9-17)30(3,28)29/h4-11,15,20H,13-14H2,1-3H3,(H,24,27)(H,25,26)/t20-/m0/s1. The highest BCUT2D eigenvalue weighted by atomic mass is 32.2. The van der Waals surface area contributed by atoms with E-state index in [9.17, 15) is 18.0 Å². The van der Waals surface area contributed by atoms with Crippen LogP contribution in [0.3, 0.4) is 0 Å². The summed E-state index contributed by atoms with van der Waals surface area (Å²) in [5.41, 5.74) is 2.05. The van der Waals surface area contributed by atoms with Crippen LogP contribution in [0.2, 0.25) is 0 Å². The van der Waals surface area contributed by atoms with Crippen molar-refractivity contribution in [2.75, 3.05) is 12.8 Å². The van der Waals surface area contributed by atoms with E-state index in [-0.39, 0.29) is 29.2 Å². The van der Waals surface area contributed by atoms with E-state index in [1.165, 1.54) is 0 Å². The van der Waals surface area contributed by atoms with Gasteiger partial charge in [-0.15, -0.1) is 0 Å². The SMILES string of the molecule is CC(C)C[C@H](NC(=O)c1ccc(-c2ccc(S(C)(=O)=O)cc2)cc1)C(=O)NCC#N. The number of benzene rings is 2. The van der Waals surface area contributed by atoms with Gasteiger partial charge in [0.2, 0.25) is 5.91 Å². The number of nitriles is 1. The van der Waals surface area contributed by atoms with Crippen LogP contribution >= 0.6 is 0 Å². The molecule has 2 amide bonds. The van der Waals surface area contributed by atoms with Crippen LogP contribution in [0.15, 0.2) is 53.4 Å². The molecule has 2 rings (SSSR count). The second-order valence-electron chi connectivity index (χ2n) is 7.41. The molecule has 7 nitrogen and oxygen atoms in total. The normalized spacial score (nSPS) is 12.1. The van der Waals surface area contributed by atoms with Crippen LogP contribution in [0.25, 0.3) is 11.1 Å². The summed E-state index contributed by atoms with van der Waals surface area (Å²) in [5.74, 6) is -0.590. The van der Waals surface area contributed by atoms with Crippen molar-refractivity contribution in [2.24, 2.45) is 5.92 Å². The van der Waals surface area contributed by atoms with Gasteiger partial charge in [0, 0.05) is 11.8 Å². The Bertz CT molecular complexity index is 1040. The lowest BCUT2D eigenvalue weighted by atomic mass is 10.0. The highest BCUT2D eigenvalue weighted by molar-refractivity contribution is 7.90. The first-order valence-electron chi connectivity index (χ1n) is 9.48. The molecule has 30 heavy (non-hydrogen) atoms. The summed E-state index contributed by atoms with van der Waals surface area (Å²) in [7, 11) is -3.26. The first-order valence-corrected chi connectivity index (χ1v) is 11.4. The zero-order valence-electron chi connectivity index (χ0n) is 17.2. The third-order valence-electron chi connectivity index (χ3n) is 4.43. The minimum Gasteiger partial charge on any atom is -0.341 e. The van der Waals surface area contributed by atoms with Crippen molar-refractivity contribution in [2.45, 2.75) is 31.2 Å². The Morgan fingerprint density at radius 3 is 2.00 bits per heavy atom. The number of carbonyl (C=O) groups is 2. The molecule has 0 unspecified atom stereocenters. The molecule has 0 saturated carbocycles. The summed E-state index contributed by atoms with van der Waals surface area (Å²) in [6.07, 6.45) is 1.61. The summed E-state index contributed by atoms with van der Waals surface area (Å²) >= 11 is 0. The monoisotopic (exact) mass is 427 g/mol. The predicted molar refractivity (Wildman–Crippen MR) is 114 cm³/mol. The zero-order valence-corrected chi connectivity index (χ0v) is 18.0. The van der Waals surface area contributed by atoms with Gasteiger partial charge in [0.1, 0.15) is 12.6 Å². The maximum atomic E-state index is 12.6. The smallest absolute Gasteiger partial charge is 0.251 e. The number of amides is 2. The predicted octanol–water partition coefficient (Wildman–Crippen LogP) is 2.54. The number of rotatable bonds is 8. The van der Waals surface area contributed by atoms with Crippen LogP contribution in [0.5, 0.6) is 0 Å². The topological polar surface area (TPSA) is 116 Å². The summed E-state index contributed by atoms with van der Waals surface area (Å²) in [5, 5.41) is 13.8. The van der Waals surface area contributed by atoms with Crippen molar-refractivity contribution in [1.82, 2.24) is 10.6 Å². The van der Waals surface area contributed by atoms with Crippen LogP contribution in [0.4, 0.5) is 0 Å². The van der Waals surface area contributed by atoms with Crippen molar-refractivity contribution in [3.05, 3.63) is 54.1 Å². The van der Waals surface area contributed by atoms with E-state index in [1.807, 2.05) is 19.9 Å². The maximum Gasteiger partial charge on any atom is 0.251 e. The van der Waals surface area contributed by atoms with Gasteiger partial charge in [0.25, 0.3) is 5.91 Å². The van der Waals surface area contributed by atoms with E-state index in [0.717, 1.165) is 17.4 Å². The highest BCUT2D eigenvalue weighted by Crippen LogP contribution is 2.22. The second-order valence-corrected chi connectivity index (χ2v) is 9.42. The van der Waals surface area contributed by atoms with Gasteiger partial charge in [-0.1, -0.05) is 38.1 Å². The van der Waals surface area contributed by atoms with Gasteiger partial charge in [-0.05, 0) is 47.7 Å². The van der Waals surface area contributed by atoms with Gasteiger partial charge in [0.15, 0.2) is 9.84 Å². The molecule has 2 aromatic carbocycles. The van der Waals surface area contributed by atoms with Gasteiger partial charge >= 0.3 is 0 Å². The first kappa shape index (κ1) is 23.1. The van der Waals surface area contributed by atoms with Crippen molar-refractivity contribution in [1.29, 1.82) is 5.26 Å². The molecule has 0 radical (unpaired) electrons. The van der Waals surface area contributed by atoms with Crippen molar-refractivity contribution in [3.63, 3.8) is 0 Å². The molecule has 0 heterocycles. The largest absolute Gasteiger partial charge is 0.341 e. The third kappa shape index (κ3) is 6.42. The zero-order chi connectivity index (χ0) is 22.3. The molecule has 2 N–H and O–H groups in total. The molecule has 8 heteroatoms.